The molecule has 28 heavy (non-hydrogen) atoms. The average Bonchev–Trinajstić information content (AvgIpc) is 3.31. The summed E-state index contributed by atoms with van der Waals surface area (Å²) in [5.74, 6) is 1.15. The first-order chi connectivity index (χ1) is 13.3. The molecule has 160 valence electrons. The van der Waals surface area contributed by atoms with Gasteiger partial charge in [-0.15, -0.1) is 0 Å². The molecule has 4 heteroatoms. The van der Waals surface area contributed by atoms with Crippen LogP contribution in [0.25, 0.3) is 0 Å². The number of esters is 1. The Kier molecular flexibility index (Phi) is 7.12. The van der Waals surface area contributed by atoms with Gasteiger partial charge in [-0.1, -0.05) is 39.5 Å². The summed E-state index contributed by atoms with van der Waals surface area (Å²) in [5, 5.41) is 11.1. The van der Waals surface area contributed by atoms with Crippen LogP contribution >= 0.6 is 0 Å². The highest BCUT2D eigenvalue weighted by molar-refractivity contribution is 5.91. The van der Waals surface area contributed by atoms with E-state index in [9.17, 15) is 9.90 Å². The Morgan fingerprint density at radius 1 is 1.07 bits per heavy atom. The number of ether oxygens (including phenoxy) is 2. The van der Waals surface area contributed by atoms with Crippen LogP contribution in [0.2, 0.25) is 0 Å². The Morgan fingerprint density at radius 3 is 2.21 bits per heavy atom. The van der Waals surface area contributed by atoms with Gasteiger partial charge in [0.1, 0.15) is 16.9 Å². The van der Waals surface area contributed by atoms with E-state index in [-0.39, 0.29) is 23.9 Å². The molecular weight excluding hydrogens is 352 g/mol. The molecule has 2 fully saturated rings. The molecule has 2 aliphatic carbocycles. The highest BCUT2D eigenvalue weighted by Gasteiger charge is 2.50. The van der Waals surface area contributed by atoms with Crippen molar-refractivity contribution >= 4 is 5.97 Å². The lowest BCUT2D eigenvalue weighted by atomic mass is 9.75. The molecule has 1 heterocycles. The number of carbonyl (C=O) groups excluding carboxylic acids is 1. The first kappa shape index (κ1) is 21.7. The number of hydrogen-bond donors (Lipinski definition) is 1. The van der Waals surface area contributed by atoms with Gasteiger partial charge in [0.2, 0.25) is 0 Å². The van der Waals surface area contributed by atoms with E-state index in [1.165, 1.54) is 25.7 Å². The fraction of sp³-hybridized carbons (Fsp3) is 0.875. The zero-order chi connectivity index (χ0) is 20.3. The van der Waals surface area contributed by atoms with Crippen LogP contribution in [0.5, 0.6) is 0 Å². The molecule has 0 spiro atoms. The van der Waals surface area contributed by atoms with Crippen LogP contribution < -0.4 is 0 Å². The zero-order valence-corrected chi connectivity index (χ0v) is 18.3. The number of aliphatic hydroxyl groups is 1. The third-order valence-electron chi connectivity index (χ3n) is 7.07. The predicted octanol–water partition coefficient (Wildman–Crippen LogP) is 6.09. The quantitative estimate of drug-likeness (QED) is 0.508. The summed E-state index contributed by atoms with van der Waals surface area (Å²) < 4.78 is 12.5. The van der Waals surface area contributed by atoms with Crippen LogP contribution in [0.4, 0.5) is 0 Å². The van der Waals surface area contributed by atoms with E-state index in [4.69, 9.17) is 9.47 Å². The number of cyclic esters (lactones) is 1. The first-order valence-corrected chi connectivity index (χ1v) is 11.6. The van der Waals surface area contributed by atoms with Crippen molar-refractivity contribution in [2.75, 3.05) is 0 Å². The zero-order valence-electron chi connectivity index (χ0n) is 18.3. The third-order valence-corrected chi connectivity index (χ3v) is 7.07. The van der Waals surface area contributed by atoms with E-state index in [2.05, 4.69) is 13.8 Å². The Balaban J connectivity index is 1.89. The van der Waals surface area contributed by atoms with E-state index in [1.807, 2.05) is 13.8 Å². The summed E-state index contributed by atoms with van der Waals surface area (Å²) in [7, 11) is 0. The maximum Gasteiger partial charge on any atom is 0.340 e. The van der Waals surface area contributed by atoms with Gasteiger partial charge in [-0.25, -0.2) is 4.79 Å². The molecule has 2 saturated carbocycles. The molecule has 2 atom stereocenters. The maximum atomic E-state index is 13.3. The summed E-state index contributed by atoms with van der Waals surface area (Å²) in [6.45, 7) is 8.42. The summed E-state index contributed by atoms with van der Waals surface area (Å²) in [6.07, 6.45) is 11.1. The minimum Gasteiger partial charge on any atom is -0.511 e. The van der Waals surface area contributed by atoms with Crippen molar-refractivity contribution in [2.24, 2.45) is 17.8 Å². The summed E-state index contributed by atoms with van der Waals surface area (Å²) >= 11 is 0. The smallest absolute Gasteiger partial charge is 0.340 e. The highest BCUT2D eigenvalue weighted by atomic mass is 16.6. The van der Waals surface area contributed by atoms with Crippen molar-refractivity contribution in [3.05, 3.63) is 11.3 Å². The molecule has 3 rings (SSSR count). The van der Waals surface area contributed by atoms with Gasteiger partial charge in [0.15, 0.2) is 0 Å². The second-order valence-electron chi connectivity index (χ2n) is 10.1. The first-order valence-electron chi connectivity index (χ1n) is 11.6. The Morgan fingerprint density at radius 2 is 1.68 bits per heavy atom. The Bertz CT molecular complexity index is 567. The van der Waals surface area contributed by atoms with Crippen molar-refractivity contribution in [2.45, 2.75) is 116 Å². The second kappa shape index (κ2) is 9.19. The van der Waals surface area contributed by atoms with Crippen LogP contribution in [0.15, 0.2) is 11.3 Å². The number of hydrogen-bond acceptors (Lipinski definition) is 4. The number of carbonyl (C=O) groups is 1. The number of rotatable bonds is 8. The standard InChI is InChI=1S/C24H40O4/c1-16(2)13-14-24(19-11-7-8-12-19)15-20(25)21(23(26)28-24)22(27-17(3)4)18-9-5-6-10-18/h16-19,22,25H,5-15H2,1-4H3. The third kappa shape index (κ3) is 4.75. The molecule has 1 N–H and O–H groups in total. The van der Waals surface area contributed by atoms with Crippen LogP contribution in [-0.4, -0.2) is 28.9 Å². The second-order valence-corrected chi connectivity index (χ2v) is 10.1. The molecule has 0 bridgehead atoms. The normalized spacial score (nSPS) is 28.6. The van der Waals surface area contributed by atoms with Crippen molar-refractivity contribution < 1.29 is 19.4 Å². The summed E-state index contributed by atoms with van der Waals surface area (Å²) in [4.78, 5) is 13.3. The van der Waals surface area contributed by atoms with Crippen molar-refractivity contribution in [1.29, 1.82) is 0 Å². The molecule has 1 aliphatic heterocycles. The Labute approximate surface area is 171 Å². The molecular formula is C24H40O4. The van der Waals surface area contributed by atoms with Gasteiger partial charge < -0.3 is 14.6 Å². The van der Waals surface area contributed by atoms with Gasteiger partial charge in [-0.2, -0.15) is 0 Å². The molecule has 0 aromatic carbocycles. The summed E-state index contributed by atoms with van der Waals surface area (Å²) in [6, 6.07) is 0. The van der Waals surface area contributed by atoms with Crippen LogP contribution in [0, 0.1) is 17.8 Å². The minimum atomic E-state index is -0.524. The van der Waals surface area contributed by atoms with Gasteiger partial charge in [-0.05, 0) is 70.1 Å². The molecule has 4 nitrogen and oxygen atoms in total. The lowest BCUT2D eigenvalue weighted by Gasteiger charge is -2.43. The predicted molar refractivity (Wildman–Crippen MR) is 111 cm³/mol. The highest BCUT2D eigenvalue weighted by Crippen LogP contribution is 2.47. The van der Waals surface area contributed by atoms with Crippen LogP contribution in [-0.2, 0) is 14.3 Å². The fourth-order valence-corrected chi connectivity index (χ4v) is 5.58. The monoisotopic (exact) mass is 392 g/mol. The molecule has 0 amide bonds. The van der Waals surface area contributed by atoms with E-state index in [1.54, 1.807) is 0 Å². The fourth-order valence-electron chi connectivity index (χ4n) is 5.58. The van der Waals surface area contributed by atoms with Gasteiger partial charge in [0, 0.05) is 6.42 Å². The number of aliphatic hydroxyl groups excluding tert-OH is 1. The molecule has 2 unspecified atom stereocenters. The van der Waals surface area contributed by atoms with Gasteiger partial charge in [0.25, 0.3) is 0 Å². The Hall–Kier alpha value is -1.03. The van der Waals surface area contributed by atoms with E-state index in [0.717, 1.165) is 38.5 Å². The summed E-state index contributed by atoms with van der Waals surface area (Å²) in [5.41, 5.74) is -0.109. The van der Waals surface area contributed by atoms with E-state index in [0.29, 0.717) is 29.7 Å². The topological polar surface area (TPSA) is 55.8 Å². The van der Waals surface area contributed by atoms with E-state index >= 15 is 0 Å². The van der Waals surface area contributed by atoms with Crippen molar-refractivity contribution in [3.8, 4) is 0 Å². The van der Waals surface area contributed by atoms with Crippen molar-refractivity contribution in [1.82, 2.24) is 0 Å². The average molecular weight is 393 g/mol. The molecule has 0 aromatic heterocycles. The molecule has 0 radical (unpaired) electrons. The van der Waals surface area contributed by atoms with E-state index < -0.39 is 5.60 Å². The molecule has 0 aromatic rings. The van der Waals surface area contributed by atoms with Gasteiger partial charge >= 0.3 is 5.97 Å². The SMILES string of the molecule is CC(C)CCC1(C2CCCC2)CC(O)=C(C(OC(C)C)C2CCCC2)C(=O)O1. The van der Waals surface area contributed by atoms with Crippen LogP contribution in [0.3, 0.4) is 0 Å². The molecule has 3 aliphatic rings. The van der Waals surface area contributed by atoms with Crippen molar-refractivity contribution in [3.63, 3.8) is 0 Å². The lowest BCUT2D eigenvalue weighted by Crippen LogP contribution is -2.48. The van der Waals surface area contributed by atoms with Gasteiger partial charge in [-0.3, -0.25) is 0 Å². The lowest BCUT2D eigenvalue weighted by molar-refractivity contribution is -0.171. The van der Waals surface area contributed by atoms with Crippen LogP contribution in [0.1, 0.15) is 98.3 Å². The molecule has 0 saturated heterocycles. The largest absolute Gasteiger partial charge is 0.511 e. The minimum absolute atomic E-state index is 0.0150. The maximum absolute atomic E-state index is 13.3. The van der Waals surface area contributed by atoms with Gasteiger partial charge in [0.05, 0.1) is 12.2 Å².